The van der Waals surface area contributed by atoms with Crippen LogP contribution in [-0.4, -0.2) is 63.1 Å². The third kappa shape index (κ3) is 3.50. The number of hydrogen-bond donors (Lipinski definition) is 2. The van der Waals surface area contributed by atoms with Gasteiger partial charge < -0.3 is 24.6 Å². The van der Waals surface area contributed by atoms with Crippen LogP contribution < -0.4 is 10.2 Å². The van der Waals surface area contributed by atoms with Gasteiger partial charge in [-0.3, -0.25) is 0 Å². The number of methoxy groups -OCH3 is 1. The number of aliphatic hydroxyl groups is 1. The first-order valence-corrected chi connectivity index (χ1v) is 8.69. The summed E-state index contributed by atoms with van der Waals surface area (Å²) in [5.74, 6) is 2.59. The fraction of sp³-hybridized carbons (Fsp3) is 0.714. The van der Waals surface area contributed by atoms with E-state index in [1.54, 1.807) is 7.11 Å². The molecule has 132 valence electrons. The second kappa shape index (κ2) is 7.41. The van der Waals surface area contributed by atoms with Crippen molar-refractivity contribution in [3.8, 4) is 0 Å². The topological polar surface area (TPSA) is 101 Å². The Hall–Kier alpha value is -1.78. The molecule has 2 aromatic rings. The SMILES string of the molecule is COCCn1c(CO)nnc1C1CC(Nc2nc(N(C)C)ns2)C1. The van der Waals surface area contributed by atoms with Gasteiger partial charge >= 0.3 is 0 Å². The zero-order chi connectivity index (χ0) is 17.1. The molecule has 0 radical (unpaired) electrons. The lowest BCUT2D eigenvalue weighted by molar-refractivity contribution is 0.179. The molecule has 1 fully saturated rings. The number of aliphatic hydroxyl groups excluding tert-OH is 1. The number of anilines is 2. The Morgan fingerprint density at radius 2 is 2.17 bits per heavy atom. The van der Waals surface area contributed by atoms with Crippen molar-refractivity contribution in [1.29, 1.82) is 0 Å². The molecule has 1 saturated carbocycles. The van der Waals surface area contributed by atoms with Gasteiger partial charge in [-0.15, -0.1) is 10.2 Å². The largest absolute Gasteiger partial charge is 0.388 e. The highest BCUT2D eigenvalue weighted by Gasteiger charge is 2.35. The maximum absolute atomic E-state index is 9.40. The molecule has 2 N–H and O–H groups in total. The first-order valence-electron chi connectivity index (χ1n) is 7.91. The molecule has 2 heterocycles. The van der Waals surface area contributed by atoms with E-state index >= 15 is 0 Å². The number of rotatable bonds is 8. The van der Waals surface area contributed by atoms with Crippen LogP contribution in [0.5, 0.6) is 0 Å². The van der Waals surface area contributed by atoms with Crippen LogP contribution in [0, 0.1) is 0 Å². The minimum atomic E-state index is -0.108. The average Bonchev–Trinajstić information content (AvgIpc) is 3.15. The predicted octanol–water partition coefficient (Wildman–Crippen LogP) is 0.692. The van der Waals surface area contributed by atoms with Gasteiger partial charge in [0, 0.05) is 51.2 Å². The fourth-order valence-corrected chi connectivity index (χ4v) is 3.49. The zero-order valence-corrected chi connectivity index (χ0v) is 15.0. The highest BCUT2D eigenvalue weighted by atomic mass is 32.1. The lowest BCUT2D eigenvalue weighted by Crippen LogP contribution is -2.35. The predicted molar refractivity (Wildman–Crippen MR) is 91.4 cm³/mol. The Balaban J connectivity index is 1.58. The van der Waals surface area contributed by atoms with Crippen LogP contribution in [0.2, 0.25) is 0 Å². The van der Waals surface area contributed by atoms with Crippen molar-refractivity contribution in [1.82, 2.24) is 24.1 Å². The average molecular weight is 353 g/mol. The third-order valence-corrected chi connectivity index (χ3v) is 4.80. The standard InChI is InChI=1S/C14H23N7O2S/c1-20(2)13-16-14(24-19-13)15-10-6-9(7-10)12-18-17-11(8-22)21(12)4-5-23-3/h9-10,22H,4-8H2,1-3H3,(H,15,16,19). The summed E-state index contributed by atoms with van der Waals surface area (Å²) < 4.78 is 11.4. The Kier molecular flexibility index (Phi) is 5.27. The Morgan fingerprint density at radius 3 is 2.79 bits per heavy atom. The van der Waals surface area contributed by atoms with E-state index in [-0.39, 0.29) is 6.61 Å². The number of ether oxygens (including phenoxy) is 1. The second-order valence-electron chi connectivity index (χ2n) is 6.08. The number of aromatic nitrogens is 5. The van der Waals surface area contributed by atoms with Crippen LogP contribution in [0.1, 0.15) is 30.4 Å². The molecule has 2 aromatic heterocycles. The molecular formula is C14H23N7O2S. The molecule has 3 rings (SSSR count). The minimum absolute atomic E-state index is 0.108. The molecule has 0 atom stereocenters. The van der Waals surface area contributed by atoms with Gasteiger partial charge in [-0.1, -0.05) is 0 Å². The van der Waals surface area contributed by atoms with Crippen molar-refractivity contribution in [2.75, 3.05) is 38.0 Å². The fourth-order valence-electron chi connectivity index (χ4n) is 2.77. The van der Waals surface area contributed by atoms with Gasteiger partial charge in [-0.2, -0.15) is 9.36 Å². The van der Waals surface area contributed by atoms with Crippen molar-refractivity contribution in [2.45, 2.75) is 38.0 Å². The molecule has 0 bridgehead atoms. The molecule has 0 unspecified atom stereocenters. The summed E-state index contributed by atoms with van der Waals surface area (Å²) in [6.45, 7) is 1.12. The van der Waals surface area contributed by atoms with E-state index in [1.807, 2.05) is 23.6 Å². The molecule has 0 aromatic carbocycles. The summed E-state index contributed by atoms with van der Waals surface area (Å²) in [6.07, 6.45) is 1.93. The van der Waals surface area contributed by atoms with Crippen molar-refractivity contribution in [3.05, 3.63) is 11.6 Å². The van der Waals surface area contributed by atoms with Crippen molar-refractivity contribution >= 4 is 22.6 Å². The molecule has 10 heteroatoms. The minimum Gasteiger partial charge on any atom is -0.388 e. The zero-order valence-electron chi connectivity index (χ0n) is 14.1. The summed E-state index contributed by atoms with van der Waals surface area (Å²) in [6, 6.07) is 0.364. The van der Waals surface area contributed by atoms with Gasteiger partial charge in [0.25, 0.3) is 0 Å². The number of hydrogen-bond acceptors (Lipinski definition) is 9. The van der Waals surface area contributed by atoms with Crippen LogP contribution >= 0.6 is 11.5 Å². The Bertz CT molecular complexity index is 666. The molecule has 0 saturated heterocycles. The van der Waals surface area contributed by atoms with Gasteiger partial charge in [0.05, 0.1) is 6.61 Å². The number of nitrogens with one attached hydrogen (secondary N) is 1. The van der Waals surface area contributed by atoms with Crippen LogP contribution in [-0.2, 0) is 17.9 Å². The summed E-state index contributed by atoms with van der Waals surface area (Å²) in [5.41, 5.74) is 0. The van der Waals surface area contributed by atoms with Gasteiger partial charge in [0.15, 0.2) is 5.82 Å². The Morgan fingerprint density at radius 1 is 1.38 bits per heavy atom. The van der Waals surface area contributed by atoms with E-state index in [0.29, 0.717) is 30.9 Å². The van der Waals surface area contributed by atoms with E-state index in [9.17, 15) is 5.11 Å². The molecular weight excluding hydrogens is 330 g/mol. The maximum Gasteiger partial charge on any atom is 0.238 e. The maximum atomic E-state index is 9.40. The molecule has 24 heavy (non-hydrogen) atoms. The van der Waals surface area contributed by atoms with E-state index in [0.717, 1.165) is 29.7 Å². The van der Waals surface area contributed by atoms with Crippen LogP contribution in [0.15, 0.2) is 0 Å². The number of nitrogens with zero attached hydrogens (tertiary/aromatic N) is 6. The van der Waals surface area contributed by atoms with Crippen LogP contribution in [0.3, 0.4) is 0 Å². The first kappa shape index (κ1) is 17.1. The summed E-state index contributed by atoms with van der Waals surface area (Å²) >= 11 is 1.38. The quantitative estimate of drug-likeness (QED) is 0.715. The van der Waals surface area contributed by atoms with E-state index in [4.69, 9.17) is 4.74 Å². The van der Waals surface area contributed by atoms with Crippen molar-refractivity contribution in [2.24, 2.45) is 0 Å². The van der Waals surface area contributed by atoms with Gasteiger partial charge in [0.1, 0.15) is 12.4 Å². The van der Waals surface area contributed by atoms with Crippen molar-refractivity contribution in [3.63, 3.8) is 0 Å². The third-order valence-electron chi connectivity index (χ3n) is 4.16. The molecule has 0 aliphatic heterocycles. The smallest absolute Gasteiger partial charge is 0.238 e. The van der Waals surface area contributed by atoms with Gasteiger partial charge in [-0.25, -0.2) is 0 Å². The molecule has 0 amide bonds. The normalized spacial score (nSPS) is 20.0. The van der Waals surface area contributed by atoms with Gasteiger partial charge in [-0.05, 0) is 12.8 Å². The monoisotopic (exact) mass is 353 g/mol. The highest BCUT2D eigenvalue weighted by Crippen LogP contribution is 2.38. The lowest BCUT2D eigenvalue weighted by Gasteiger charge is -2.35. The van der Waals surface area contributed by atoms with Crippen molar-refractivity contribution < 1.29 is 9.84 Å². The Labute approximate surface area is 144 Å². The molecule has 1 aliphatic carbocycles. The lowest BCUT2D eigenvalue weighted by atomic mass is 9.79. The highest BCUT2D eigenvalue weighted by molar-refractivity contribution is 7.09. The molecule has 0 spiro atoms. The summed E-state index contributed by atoms with van der Waals surface area (Å²) in [4.78, 5) is 6.33. The molecule has 1 aliphatic rings. The van der Waals surface area contributed by atoms with E-state index in [1.165, 1.54) is 11.5 Å². The van der Waals surface area contributed by atoms with E-state index < -0.39 is 0 Å². The van der Waals surface area contributed by atoms with Crippen LogP contribution in [0.25, 0.3) is 0 Å². The van der Waals surface area contributed by atoms with E-state index in [2.05, 4.69) is 24.9 Å². The first-order chi connectivity index (χ1) is 11.6. The summed E-state index contributed by atoms with van der Waals surface area (Å²) in [5, 5.41) is 22.0. The summed E-state index contributed by atoms with van der Waals surface area (Å²) in [7, 11) is 5.52. The van der Waals surface area contributed by atoms with Gasteiger partial charge in [0.2, 0.25) is 11.1 Å². The second-order valence-corrected chi connectivity index (χ2v) is 6.83. The molecule has 9 nitrogen and oxygen atoms in total. The van der Waals surface area contributed by atoms with Crippen LogP contribution in [0.4, 0.5) is 11.1 Å².